The van der Waals surface area contributed by atoms with Gasteiger partial charge in [-0.3, -0.25) is 4.68 Å². The van der Waals surface area contributed by atoms with Crippen LogP contribution in [0.15, 0.2) is 6.33 Å². The van der Waals surface area contributed by atoms with Crippen molar-refractivity contribution in [2.24, 2.45) is 7.05 Å². The quantitative estimate of drug-likeness (QED) is 0.886. The highest BCUT2D eigenvalue weighted by atomic mass is 32.1. The molecule has 2 rings (SSSR count). The van der Waals surface area contributed by atoms with Gasteiger partial charge in [-0.2, -0.15) is 5.10 Å². The summed E-state index contributed by atoms with van der Waals surface area (Å²) in [5, 5.41) is 12.1. The zero-order valence-corrected chi connectivity index (χ0v) is 14.2. The molecule has 0 radical (unpaired) electrons. The van der Waals surface area contributed by atoms with Crippen LogP contribution in [0.2, 0.25) is 0 Å². The van der Waals surface area contributed by atoms with E-state index in [1.54, 1.807) is 6.33 Å². The van der Waals surface area contributed by atoms with E-state index < -0.39 is 0 Å². The molecule has 116 valence electrons. The van der Waals surface area contributed by atoms with Gasteiger partial charge < -0.3 is 5.32 Å². The van der Waals surface area contributed by atoms with Gasteiger partial charge in [0.15, 0.2) is 0 Å². The maximum Gasteiger partial charge on any atom is 0.138 e. The van der Waals surface area contributed by atoms with Gasteiger partial charge in [0.1, 0.15) is 12.2 Å². The molecular weight excluding hydrogens is 284 g/mol. The zero-order valence-electron chi connectivity index (χ0n) is 13.4. The summed E-state index contributed by atoms with van der Waals surface area (Å²) in [6.07, 6.45) is 3.48. The van der Waals surface area contributed by atoms with Crippen LogP contribution in [0.5, 0.6) is 0 Å². The molecule has 1 atom stereocenters. The van der Waals surface area contributed by atoms with Gasteiger partial charge >= 0.3 is 0 Å². The predicted molar refractivity (Wildman–Crippen MR) is 84.4 cm³/mol. The average Bonchev–Trinajstić information content (AvgIpc) is 3.03. The van der Waals surface area contributed by atoms with E-state index in [1.165, 1.54) is 16.4 Å². The van der Waals surface area contributed by atoms with Crippen molar-refractivity contribution in [3.05, 3.63) is 22.7 Å². The minimum absolute atomic E-state index is 0.00559. The highest BCUT2D eigenvalue weighted by Crippen LogP contribution is 2.31. The third-order valence-corrected chi connectivity index (χ3v) is 4.21. The number of hydrogen-bond acceptors (Lipinski definition) is 6. The Kier molecular flexibility index (Phi) is 5.05. The van der Waals surface area contributed by atoms with Crippen LogP contribution < -0.4 is 5.32 Å². The van der Waals surface area contributed by atoms with E-state index in [9.17, 15) is 0 Å². The molecule has 0 saturated carbocycles. The van der Waals surface area contributed by atoms with Crippen molar-refractivity contribution in [1.82, 2.24) is 29.7 Å². The summed E-state index contributed by atoms with van der Waals surface area (Å²) in [6, 6.07) is 0.182. The average molecular weight is 308 g/mol. The van der Waals surface area contributed by atoms with E-state index in [-0.39, 0.29) is 11.5 Å². The summed E-state index contributed by atoms with van der Waals surface area (Å²) in [6.45, 7) is 9.65. The molecule has 6 nitrogen and oxygen atoms in total. The van der Waals surface area contributed by atoms with E-state index in [2.05, 4.69) is 52.7 Å². The Hall–Kier alpha value is -1.34. The third kappa shape index (κ3) is 3.85. The van der Waals surface area contributed by atoms with E-state index >= 15 is 0 Å². The maximum absolute atomic E-state index is 4.35. The van der Waals surface area contributed by atoms with E-state index in [1.807, 2.05) is 11.7 Å². The smallest absolute Gasteiger partial charge is 0.138 e. The number of nitrogens with one attached hydrogen (secondary N) is 1. The van der Waals surface area contributed by atoms with Crippen molar-refractivity contribution in [2.75, 3.05) is 6.54 Å². The van der Waals surface area contributed by atoms with Crippen LogP contribution >= 0.6 is 11.5 Å². The van der Waals surface area contributed by atoms with E-state index in [4.69, 9.17) is 0 Å². The van der Waals surface area contributed by atoms with Gasteiger partial charge in [0.25, 0.3) is 0 Å². The number of nitrogens with zero attached hydrogens (tertiary/aromatic N) is 5. The number of rotatable bonds is 6. The summed E-state index contributed by atoms with van der Waals surface area (Å²) in [5.41, 5.74) is 1.07. The molecule has 2 aromatic heterocycles. The van der Waals surface area contributed by atoms with Gasteiger partial charge in [0.05, 0.1) is 16.6 Å². The van der Waals surface area contributed by atoms with Crippen molar-refractivity contribution in [1.29, 1.82) is 0 Å². The van der Waals surface area contributed by atoms with Gasteiger partial charge in [-0.05, 0) is 24.5 Å². The highest BCUT2D eigenvalue weighted by Gasteiger charge is 2.27. The van der Waals surface area contributed by atoms with Gasteiger partial charge in [-0.15, -0.1) is 5.10 Å². The Balaban J connectivity index is 2.28. The SMILES string of the molecule is CCCNC(Cc1ncnn1C)c1snnc1C(C)(C)C. The summed E-state index contributed by atoms with van der Waals surface area (Å²) in [4.78, 5) is 5.55. The van der Waals surface area contributed by atoms with Crippen molar-refractivity contribution in [3.63, 3.8) is 0 Å². The fourth-order valence-electron chi connectivity index (χ4n) is 2.21. The molecule has 1 N–H and O–H groups in total. The van der Waals surface area contributed by atoms with Gasteiger partial charge in [0.2, 0.25) is 0 Å². The fourth-order valence-corrected chi connectivity index (χ4v) is 3.15. The number of hydrogen-bond donors (Lipinski definition) is 1. The molecule has 7 heteroatoms. The Morgan fingerprint density at radius 2 is 2.14 bits per heavy atom. The lowest BCUT2D eigenvalue weighted by Gasteiger charge is -2.22. The van der Waals surface area contributed by atoms with Gasteiger partial charge in [-0.1, -0.05) is 32.2 Å². The molecule has 0 spiro atoms. The normalized spacial score (nSPS) is 13.6. The molecule has 0 aliphatic rings. The minimum Gasteiger partial charge on any atom is -0.309 e. The second-order valence-corrected chi connectivity index (χ2v) is 7.03. The molecule has 2 aromatic rings. The standard InChI is InChI=1S/C14H24N6S/c1-6-7-15-10(8-11-16-9-17-20(11)5)12-13(14(2,3)4)18-19-21-12/h9-10,15H,6-8H2,1-5H3. The lowest BCUT2D eigenvalue weighted by Crippen LogP contribution is -2.27. The molecule has 0 aliphatic heterocycles. The number of aryl methyl sites for hydroxylation is 1. The highest BCUT2D eigenvalue weighted by molar-refractivity contribution is 7.05. The topological polar surface area (TPSA) is 68.5 Å². The van der Waals surface area contributed by atoms with Crippen LogP contribution in [0.3, 0.4) is 0 Å². The first-order valence-corrected chi connectivity index (χ1v) is 8.09. The second kappa shape index (κ2) is 6.62. The first-order valence-electron chi connectivity index (χ1n) is 7.32. The van der Waals surface area contributed by atoms with E-state index in [0.29, 0.717) is 0 Å². The van der Waals surface area contributed by atoms with Crippen LogP contribution in [0.4, 0.5) is 0 Å². The molecule has 0 fully saturated rings. The van der Waals surface area contributed by atoms with Crippen molar-refractivity contribution in [3.8, 4) is 0 Å². The van der Waals surface area contributed by atoms with Crippen LogP contribution in [-0.2, 0) is 18.9 Å². The lowest BCUT2D eigenvalue weighted by molar-refractivity contribution is 0.489. The van der Waals surface area contributed by atoms with Gasteiger partial charge in [-0.25, -0.2) is 4.98 Å². The van der Waals surface area contributed by atoms with Crippen molar-refractivity contribution >= 4 is 11.5 Å². The van der Waals surface area contributed by atoms with Crippen LogP contribution in [0.1, 0.15) is 56.6 Å². The molecule has 0 aliphatic carbocycles. The fraction of sp³-hybridized carbons (Fsp3) is 0.714. The Morgan fingerprint density at radius 3 is 2.71 bits per heavy atom. The monoisotopic (exact) mass is 308 g/mol. The first-order chi connectivity index (χ1) is 9.93. The van der Waals surface area contributed by atoms with Gasteiger partial charge in [0, 0.05) is 18.9 Å². The molecule has 0 amide bonds. The van der Waals surface area contributed by atoms with Crippen molar-refractivity contribution < 1.29 is 0 Å². The van der Waals surface area contributed by atoms with Crippen molar-refractivity contribution in [2.45, 2.75) is 52.0 Å². The third-order valence-electron chi connectivity index (χ3n) is 3.37. The Labute approximate surface area is 130 Å². The molecule has 0 aromatic carbocycles. The van der Waals surface area contributed by atoms with E-state index in [0.717, 1.165) is 30.9 Å². The minimum atomic E-state index is -0.00559. The first kappa shape index (κ1) is 16.0. The molecule has 21 heavy (non-hydrogen) atoms. The Morgan fingerprint density at radius 1 is 1.38 bits per heavy atom. The summed E-state index contributed by atoms with van der Waals surface area (Å²) in [7, 11) is 1.93. The molecule has 2 heterocycles. The van der Waals surface area contributed by atoms with Crippen LogP contribution in [0, 0.1) is 0 Å². The molecule has 0 bridgehead atoms. The lowest BCUT2D eigenvalue weighted by atomic mass is 9.89. The maximum atomic E-state index is 4.35. The number of aromatic nitrogens is 5. The predicted octanol–water partition coefficient (Wildman–Crippen LogP) is 2.25. The zero-order chi connectivity index (χ0) is 15.5. The molecule has 0 saturated heterocycles. The molecule has 1 unspecified atom stereocenters. The van der Waals surface area contributed by atoms with Crippen LogP contribution in [-0.4, -0.2) is 30.9 Å². The molecular formula is C14H24N6S. The summed E-state index contributed by atoms with van der Waals surface area (Å²) < 4.78 is 6.00. The largest absolute Gasteiger partial charge is 0.309 e. The summed E-state index contributed by atoms with van der Waals surface area (Å²) >= 11 is 1.48. The Bertz CT molecular complexity index is 568. The summed E-state index contributed by atoms with van der Waals surface area (Å²) in [5.74, 6) is 0.969. The second-order valence-electron chi connectivity index (χ2n) is 6.25. The van der Waals surface area contributed by atoms with Crippen LogP contribution in [0.25, 0.3) is 0 Å².